The lowest BCUT2D eigenvalue weighted by molar-refractivity contribution is -0.384. The molecule has 1 unspecified atom stereocenters. The Morgan fingerprint density at radius 3 is 2.48 bits per heavy atom. The number of aliphatic hydroxyl groups is 1. The number of halogens is 1. The van der Waals surface area contributed by atoms with Crippen LogP contribution in [0.4, 0.5) is 11.4 Å². The van der Waals surface area contributed by atoms with Gasteiger partial charge in [0.05, 0.1) is 28.6 Å². The van der Waals surface area contributed by atoms with Crippen molar-refractivity contribution in [3.05, 3.63) is 91.8 Å². The zero-order valence-corrected chi connectivity index (χ0v) is 14.7. The van der Waals surface area contributed by atoms with Crippen LogP contribution in [0.3, 0.4) is 0 Å². The molecule has 0 saturated heterocycles. The minimum atomic E-state index is -0.946. The molecule has 0 spiro atoms. The van der Waals surface area contributed by atoms with E-state index < -0.39 is 16.6 Å². The van der Waals surface area contributed by atoms with E-state index in [0.717, 1.165) is 0 Å². The molecule has 0 fully saturated rings. The maximum atomic E-state index is 12.4. The summed E-state index contributed by atoms with van der Waals surface area (Å²) in [6.07, 6.45) is 0.456. The van der Waals surface area contributed by atoms with E-state index in [0.29, 0.717) is 11.3 Å². The van der Waals surface area contributed by atoms with Crippen molar-refractivity contribution in [3.8, 4) is 5.69 Å². The third-order valence-electron chi connectivity index (χ3n) is 3.89. The number of nitro groups is 1. The summed E-state index contributed by atoms with van der Waals surface area (Å²) in [5.74, 6) is 0. The molecule has 0 saturated carbocycles. The number of hydrogen-bond acceptors (Lipinski definition) is 6. The number of anilines is 1. The molecule has 1 aromatic heterocycles. The summed E-state index contributed by atoms with van der Waals surface area (Å²) in [5, 5.41) is 27.8. The van der Waals surface area contributed by atoms with Crippen molar-refractivity contribution in [1.82, 2.24) is 9.78 Å². The first-order chi connectivity index (χ1) is 13.0. The molecular formula is C18H15ClN4O4. The van der Waals surface area contributed by atoms with Gasteiger partial charge in [-0.15, -0.1) is 0 Å². The van der Waals surface area contributed by atoms with Crippen molar-refractivity contribution < 1.29 is 10.0 Å². The maximum Gasteiger partial charge on any atom is 0.292 e. The molecule has 0 aliphatic heterocycles. The number of aliphatic hydroxyl groups excluding tert-OH is 1. The van der Waals surface area contributed by atoms with Crippen LogP contribution in [0.15, 0.2) is 65.6 Å². The van der Waals surface area contributed by atoms with Crippen LogP contribution < -0.4 is 10.9 Å². The minimum Gasteiger partial charge on any atom is -0.387 e. The van der Waals surface area contributed by atoms with Crippen molar-refractivity contribution in [3.63, 3.8) is 0 Å². The minimum absolute atomic E-state index is 0.0496. The summed E-state index contributed by atoms with van der Waals surface area (Å²) in [6, 6.07) is 14.4. The van der Waals surface area contributed by atoms with Gasteiger partial charge in [0.15, 0.2) is 0 Å². The third kappa shape index (κ3) is 4.13. The largest absolute Gasteiger partial charge is 0.387 e. The predicted molar refractivity (Wildman–Crippen MR) is 101 cm³/mol. The molecule has 3 rings (SSSR count). The second-order valence-electron chi connectivity index (χ2n) is 5.67. The second kappa shape index (κ2) is 7.98. The average molecular weight is 387 g/mol. The molecular weight excluding hydrogens is 372 g/mol. The molecule has 3 aromatic rings. The lowest BCUT2D eigenvalue weighted by atomic mass is 10.1. The van der Waals surface area contributed by atoms with Gasteiger partial charge in [0.2, 0.25) is 0 Å². The summed E-state index contributed by atoms with van der Waals surface area (Å²) in [4.78, 5) is 22.6. The van der Waals surface area contributed by atoms with Crippen molar-refractivity contribution in [2.75, 3.05) is 11.9 Å². The fourth-order valence-corrected chi connectivity index (χ4v) is 2.65. The third-order valence-corrected chi connectivity index (χ3v) is 4.26. The highest BCUT2D eigenvalue weighted by Gasteiger charge is 2.14. The smallest absolute Gasteiger partial charge is 0.292 e. The van der Waals surface area contributed by atoms with Gasteiger partial charge in [-0.05, 0) is 29.8 Å². The van der Waals surface area contributed by atoms with Crippen LogP contribution in [0.5, 0.6) is 0 Å². The Balaban J connectivity index is 1.73. The number of nitro benzene ring substituents is 1. The van der Waals surface area contributed by atoms with Gasteiger partial charge in [0, 0.05) is 18.7 Å². The molecule has 138 valence electrons. The molecule has 0 aliphatic carbocycles. The molecule has 0 aliphatic rings. The van der Waals surface area contributed by atoms with E-state index in [9.17, 15) is 20.0 Å². The van der Waals surface area contributed by atoms with Crippen LogP contribution >= 0.6 is 11.6 Å². The molecule has 1 atom stereocenters. The molecule has 0 bridgehead atoms. The number of benzene rings is 2. The first-order valence-corrected chi connectivity index (χ1v) is 8.34. The number of nitrogens with one attached hydrogen (secondary N) is 1. The first kappa shape index (κ1) is 18.6. The molecule has 2 aromatic carbocycles. The molecule has 9 heteroatoms. The molecule has 27 heavy (non-hydrogen) atoms. The van der Waals surface area contributed by atoms with E-state index in [-0.39, 0.29) is 22.9 Å². The van der Waals surface area contributed by atoms with Gasteiger partial charge in [-0.2, -0.15) is 9.78 Å². The Hall–Kier alpha value is -3.23. The van der Waals surface area contributed by atoms with Crippen LogP contribution in [0, 0.1) is 10.1 Å². The Kier molecular flexibility index (Phi) is 5.49. The lowest BCUT2D eigenvalue weighted by Gasteiger charge is -2.14. The fraction of sp³-hybridized carbons (Fsp3) is 0.111. The number of para-hydroxylation sites is 1. The monoisotopic (exact) mass is 386 g/mol. The van der Waals surface area contributed by atoms with Crippen LogP contribution in [0.25, 0.3) is 5.69 Å². The van der Waals surface area contributed by atoms with Gasteiger partial charge in [-0.1, -0.05) is 29.8 Å². The van der Waals surface area contributed by atoms with E-state index in [1.165, 1.54) is 35.1 Å². The number of nitrogens with zero attached hydrogens (tertiary/aromatic N) is 3. The Morgan fingerprint density at radius 1 is 1.19 bits per heavy atom. The Labute approximate surface area is 158 Å². The van der Waals surface area contributed by atoms with Gasteiger partial charge < -0.3 is 10.4 Å². The quantitative estimate of drug-likeness (QED) is 0.497. The topological polar surface area (TPSA) is 110 Å². The number of non-ortho nitro benzene ring substituents is 1. The van der Waals surface area contributed by atoms with Gasteiger partial charge in [-0.3, -0.25) is 14.9 Å². The normalized spacial score (nSPS) is 11.8. The van der Waals surface area contributed by atoms with Gasteiger partial charge in [0.25, 0.3) is 11.2 Å². The Morgan fingerprint density at radius 2 is 1.85 bits per heavy atom. The Bertz CT molecular complexity index is 1010. The van der Waals surface area contributed by atoms with Crippen molar-refractivity contribution in [1.29, 1.82) is 0 Å². The summed E-state index contributed by atoms with van der Waals surface area (Å²) in [6.45, 7) is 0.0496. The number of aromatic nitrogens is 2. The van der Waals surface area contributed by atoms with E-state index in [1.54, 1.807) is 24.3 Å². The molecule has 0 radical (unpaired) electrons. The van der Waals surface area contributed by atoms with Crippen molar-refractivity contribution >= 4 is 23.0 Å². The standard InChI is InChI=1S/C18H15ClN4O4/c19-17-15(10-21-22(18(17)25)13-4-2-1-3-5-13)20-11-16(24)12-6-8-14(9-7-12)23(26)27/h1-10,16,20,24H,11H2. The van der Waals surface area contributed by atoms with Crippen LogP contribution in [0.2, 0.25) is 5.02 Å². The summed E-state index contributed by atoms with van der Waals surface area (Å²) in [5.41, 5.74) is 0.819. The molecule has 1 heterocycles. The second-order valence-corrected chi connectivity index (χ2v) is 6.05. The maximum absolute atomic E-state index is 12.4. The van der Waals surface area contributed by atoms with Gasteiger partial charge in [-0.25, -0.2) is 0 Å². The van der Waals surface area contributed by atoms with Crippen LogP contribution in [-0.2, 0) is 0 Å². The summed E-state index contributed by atoms with van der Waals surface area (Å²) in [7, 11) is 0. The van der Waals surface area contributed by atoms with E-state index in [1.807, 2.05) is 6.07 Å². The van der Waals surface area contributed by atoms with Crippen LogP contribution in [-0.4, -0.2) is 26.4 Å². The van der Waals surface area contributed by atoms with Crippen molar-refractivity contribution in [2.45, 2.75) is 6.10 Å². The lowest BCUT2D eigenvalue weighted by Crippen LogP contribution is -2.23. The zero-order valence-electron chi connectivity index (χ0n) is 13.9. The van der Waals surface area contributed by atoms with E-state index in [4.69, 9.17) is 11.6 Å². The van der Waals surface area contributed by atoms with Crippen LogP contribution in [0.1, 0.15) is 11.7 Å². The number of rotatable bonds is 6. The highest BCUT2D eigenvalue weighted by molar-refractivity contribution is 6.32. The SMILES string of the molecule is O=c1c(Cl)c(NCC(O)c2ccc([N+](=O)[O-])cc2)cnn1-c1ccccc1. The molecule has 0 amide bonds. The highest BCUT2D eigenvalue weighted by atomic mass is 35.5. The first-order valence-electron chi connectivity index (χ1n) is 7.97. The van der Waals surface area contributed by atoms with Gasteiger partial charge >= 0.3 is 0 Å². The highest BCUT2D eigenvalue weighted by Crippen LogP contribution is 2.21. The summed E-state index contributed by atoms with van der Waals surface area (Å²) < 4.78 is 1.18. The van der Waals surface area contributed by atoms with Crippen molar-refractivity contribution in [2.24, 2.45) is 0 Å². The zero-order chi connectivity index (χ0) is 19.4. The predicted octanol–water partition coefficient (Wildman–Crippen LogP) is 2.94. The fourth-order valence-electron chi connectivity index (χ4n) is 2.45. The average Bonchev–Trinajstić information content (AvgIpc) is 2.69. The number of hydrogen-bond donors (Lipinski definition) is 2. The van der Waals surface area contributed by atoms with E-state index >= 15 is 0 Å². The van der Waals surface area contributed by atoms with E-state index in [2.05, 4.69) is 10.4 Å². The molecule has 2 N–H and O–H groups in total. The van der Waals surface area contributed by atoms with Gasteiger partial charge in [0.1, 0.15) is 5.02 Å². The summed E-state index contributed by atoms with van der Waals surface area (Å²) >= 11 is 6.14. The molecule has 8 nitrogen and oxygen atoms in total.